The summed E-state index contributed by atoms with van der Waals surface area (Å²) in [7, 11) is 1.57. The number of carboxylic acids is 1. The molecule has 0 aliphatic heterocycles. The van der Waals surface area contributed by atoms with E-state index in [1.807, 2.05) is 6.92 Å². The first-order valence-electron chi connectivity index (χ1n) is 5.84. The van der Waals surface area contributed by atoms with Crippen LogP contribution in [0.25, 0.3) is 10.9 Å². The number of carboxylic acid groups (broad SMARTS) is 1. The van der Waals surface area contributed by atoms with Crippen LogP contribution in [-0.4, -0.2) is 20.2 Å². The summed E-state index contributed by atoms with van der Waals surface area (Å²) in [5.41, 5.74) is 0.565. The predicted octanol–water partition coefficient (Wildman–Crippen LogP) is 0.483. The first-order chi connectivity index (χ1) is 8.91. The van der Waals surface area contributed by atoms with Crippen LogP contribution in [0.2, 0.25) is 0 Å². The second-order valence-electron chi connectivity index (χ2n) is 4.46. The number of aryl methyl sites for hydroxylation is 2. The van der Waals surface area contributed by atoms with E-state index in [-0.39, 0.29) is 13.0 Å². The molecule has 0 saturated carbocycles. The topological polar surface area (TPSA) is 81.3 Å². The smallest absolute Gasteiger partial charge is 0.331 e. The lowest BCUT2D eigenvalue weighted by Crippen LogP contribution is -2.39. The van der Waals surface area contributed by atoms with Gasteiger partial charge in [0.05, 0.1) is 17.3 Å². The Balaban J connectivity index is 2.74. The van der Waals surface area contributed by atoms with E-state index in [0.717, 1.165) is 10.1 Å². The molecule has 2 rings (SSSR count). The van der Waals surface area contributed by atoms with Crippen LogP contribution in [0.3, 0.4) is 0 Å². The van der Waals surface area contributed by atoms with E-state index in [2.05, 4.69) is 0 Å². The van der Waals surface area contributed by atoms with Crippen LogP contribution in [0.1, 0.15) is 12.0 Å². The zero-order chi connectivity index (χ0) is 14.2. The normalized spacial score (nSPS) is 10.8. The Labute approximate surface area is 108 Å². The highest BCUT2D eigenvalue weighted by atomic mass is 16.4. The molecule has 0 aliphatic carbocycles. The van der Waals surface area contributed by atoms with E-state index in [1.54, 1.807) is 25.2 Å². The third-order valence-corrected chi connectivity index (χ3v) is 3.06. The molecule has 0 amide bonds. The van der Waals surface area contributed by atoms with Crippen molar-refractivity contribution in [3.05, 3.63) is 44.6 Å². The third kappa shape index (κ3) is 2.29. The van der Waals surface area contributed by atoms with E-state index in [0.29, 0.717) is 10.9 Å². The highest BCUT2D eigenvalue weighted by Gasteiger charge is 2.11. The number of rotatable bonds is 3. The van der Waals surface area contributed by atoms with Crippen LogP contribution in [0.4, 0.5) is 0 Å². The van der Waals surface area contributed by atoms with Crippen LogP contribution in [0.15, 0.2) is 27.8 Å². The van der Waals surface area contributed by atoms with Gasteiger partial charge in [-0.25, -0.2) is 4.79 Å². The van der Waals surface area contributed by atoms with E-state index in [9.17, 15) is 14.4 Å². The average Bonchev–Trinajstić information content (AvgIpc) is 2.35. The van der Waals surface area contributed by atoms with Crippen molar-refractivity contribution in [1.82, 2.24) is 9.13 Å². The molecule has 0 aliphatic rings. The molecule has 100 valence electrons. The molecule has 0 bridgehead atoms. The van der Waals surface area contributed by atoms with Gasteiger partial charge in [-0.05, 0) is 24.6 Å². The zero-order valence-corrected chi connectivity index (χ0v) is 10.7. The lowest BCUT2D eigenvalue weighted by atomic mass is 10.1. The van der Waals surface area contributed by atoms with Gasteiger partial charge in [0.2, 0.25) is 0 Å². The molecule has 1 aromatic heterocycles. The highest BCUT2D eigenvalue weighted by Crippen LogP contribution is 2.09. The number of carbonyl (C=O) groups is 1. The van der Waals surface area contributed by atoms with Gasteiger partial charge in [-0.3, -0.25) is 18.7 Å². The van der Waals surface area contributed by atoms with Gasteiger partial charge in [-0.2, -0.15) is 0 Å². The molecule has 0 radical (unpaired) electrons. The van der Waals surface area contributed by atoms with Gasteiger partial charge in [0.1, 0.15) is 0 Å². The molecule has 0 fully saturated rings. The molecule has 1 heterocycles. The molecule has 6 nitrogen and oxygen atoms in total. The number of hydrogen-bond acceptors (Lipinski definition) is 3. The van der Waals surface area contributed by atoms with Crippen LogP contribution in [0, 0.1) is 6.92 Å². The quantitative estimate of drug-likeness (QED) is 0.872. The summed E-state index contributed by atoms with van der Waals surface area (Å²) in [6.07, 6.45) is -0.257. The SMILES string of the molecule is Cc1ccc2c(=O)n(CCC(=O)O)c(=O)n(C)c2c1. The minimum atomic E-state index is -1.04. The highest BCUT2D eigenvalue weighted by molar-refractivity contribution is 5.78. The lowest BCUT2D eigenvalue weighted by Gasteiger charge is -2.10. The maximum absolute atomic E-state index is 12.2. The molecule has 0 unspecified atom stereocenters. The molecule has 6 heteroatoms. The van der Waals surface area contributed by atoms with Gasteiger partial charge in [0.25, 0.3) is 5.56 Å². The number of fused-ring (bicyclic) bond motifs is 1. The van der Waals surface area contributed by atoms with E-state index in [4.69, 9.17) is 5.11 Å². The predicted molar refractivity (Wildman–Crippen MR) is 70.4 cm³/mol. The van der Waals surface area contributed by atoms with Crippen LogP contribution < -0.4 is 11.2 Å². The summed E-state index contributed by atoms with van der Waals surface area (Å²) < 4.78 is 2.33. The average molecular weight is 262 g/mol. The van der Waals surface area contributed by atoms with Crippen LogP contribution in [-0.2, 0) is 18.4 Å². The summed E-state index contributed by atoms with van der Waals surface area (Å²) in [4.78, 5) is 34.8. The Morgan fingerprint density at radius 2 is 2.00 bits per heavy atom. The summed E-state index contributed by atoms with van der Waals surface area (Å²) >= 11 is 0. The van der Waals surface area contributed by atoms with Crippen molar-refractivity contribution in [2.24, 2.45) is 7.05 Å². The molecule has 2 aromatic rings. The van der Waals surface area contributed by atoms with Gasteiger partial charge < -0.3 is 5.11 Å². The van der Waals surface area contributed by atoms with Gasteiger partial charge in [0, 0.05) is 13.6 Å². The Kier molecular flexibility index (Phi) is 3.25. The van der Waals surface area contributed by atoms with Crippen molar-refractivity contribution in [1.29, 1.82) is 0 Å². The van der Waals surface area contributed by atoms with Gasteiger partial charge in [-0.1, -0.05) is 6.07 Å². The molecule has 0 spiro atoms. The van der Waals surface area contributed by atoms with E-state index in [1.165, 1.54) is 4.57 Å². The number of nitrogens with zero attached hydrogens (tertiary/aromatic N) is 2. The summed E-state index contributed by atoms with van der Waals surface area (Å²) in [6, 6.07) is 5.21. The molecule has 1 aromatic carbocycles. The first kappa shape index (κ1) is 13.1. The van der Waals surface area contributed by atoms with Gasteiger partial charge in [0.15, 0.2) is 0 Å². The first-order valence-corrected chi connectivity index (χ1v) is 5.84. The van der Waals surface area contributed by atoms with Crippen molar-refractivity contribution in [2.45, 2.75) is 19.9 Å². The minimum absolute atomic E-state index is 0.120. The Hall–Kier alpha value is -2.37. The van der Waals surface area contributed by atoms with Crippen molar-refractivity contribution in [3.63, 3.8) is 0 Å². The van der Waals surface area contributed by atoms with Crippen LogP contribution in [0.5, 0.6) is 0 Å². The molecule has 1 N–H and O–H groups in total. The largest absolute Gasteiger partial charge is 0.481 e. The number of aromatic nitrogens is 2. The fourth-order valence-electron chi connectivity index (χ4n) is 2.02. The Bertz CT molecular complexity index is 771. The van der Waals surface area contributed by atoms with Crippen molar-refractivity contribution >= 4 is 16.9 Å². The van der Waals surface area contributed by atoms with Crippen molar-refractivity contribution < 1.29 is 9.90 Å². The maximum atomic E-state index is 12.2. The molecule has 0 saturated heterocycles. The fourth-order valence-corrected chi connectivity index (χ4v) is 2.02. The molecule has 0 atom stereocenters. The summed E-state index contributed by atoms with van der Waals surface area (Å²) in [5.74, 6) is -1.04. The van der Waals surface area contributed by atoms with E-state index >= 15 is 0 Å². The van der Waals surface area contributed by atoms with Gasteiger partial charge >= 0.3 is 11.7 Å². The van der Waals surface area contributed by atoms with E-state index < -0.39 is 17.2 Å². The monoisotopic (exact) mass is 262 g/mol. The number of aliphatic carboxylic acids is 1. The number of benzene rings is 1. The fraction of sp³-hybridized carbons (Fsp3) is 0.308. The van der Waals surface area contributed by atoms with Crippen molar-refractivity contribution in [2.75, 3.05) is 0 Å². The third-order valence-electron chi connectivity index (χ3n) is 3.06. The second-order valence-corrected chi connectivity index (χ2v) is 4.46. The lowest BCUT2D eigenvalue weighted by molar-refractivity contribution is -0.137. The molecular formula is C13H14N2O4. The number of hydrogen-bond donors (Lipinski definition) is 1. The Morgan fingerprint density at radius 1 is 1.32 bits per heavy atom. The van der Waals surface area contributed by atoms with Gasteiger partial charge in [-0.15, -0.1) is 0 Å². The second kappa shape index (κ2) is 4.72. The molecule has 19 heavy (non-hydrogen) atoms. The minimum Gasteiger partial charge on any atom is -0.481 e. The zero-order valence-electron chi connectivity index (χ0n) is 10.7. The standard InChI is InChI=1S/C13H14N2O4/c1-8-3-4-9-10(7-8)14(2)13(19)15(12(9)18)6-5-11(16)17/h3-4,7H,5-6H2,1-2H3,(H,16,17). The molecular weight excluding hydrogens is 248 g/mol. The van der Waals surface area contributed by atoms with Crippen LogP contribution >= 0.6 is 0 Å². The Morgan fingerprint density at radius 3 is 2.63 bits per heavy atom. The summed E-state index contributed by atoms with van der Waals surface area (Å²) in [5, 5.41) is 9.07. The summed E-state index contributed by atoms with van der Waals surface area (Å²) in [6.45, 7) is 1.75. The maximum Gasteiger partial charge on any atom is 0.331 e. The van der Waals surface area contributed by atoms with Crippen molar-refractivity contribution in [3.8, 4) is 0 Å².